The van der Waals surface area contributed by atoms with Crippen LogP contribution < -0.4 is 0 Å². The minimum Gasteiger partial charge on any atom is -0.388 e. The standard InChI is InChI=1S/C11H14O2/c12-11(10-6-7-13-8-10)9-4-2-1-3-5-9/h1-5,10-12H,6-8H2. The van der Waals surface area contributed by atoms with Gasteiger partial charge < -0.3 is 9.84 Å². The molecule has 0 saturated carbocycles. The molecule has 2 rings (SSSR count). The Balaban J connectivity index is 2.08. The zero-order valence-electron chi connectivity index (χ0n) is 7.52. The summed E-state index contributed by atoms with van der Waals surface area (Å²) in [5, 5.41) is 9.94. The molecule has 1 aromatic carbocycles. The molecule has 1 fully saturated rings. The zero-order valence-corrected chi connectivity index (χ0v) is 7.52. The molecule has 2 unspecified atom stereocenters. The Morgan fingerprint density at radius 1 is 1.31 bits per heavy atom. The topological polar surface area (TPSA) is 29.5 Å². The summed E-state index contributed by atoms with van der Waals surface area (Å²) in [6, 6.07) is 9.79. The van der Waals surface area contributed by atoms with Gasteiger partial charge in [-0.15, -0.1) is 0 Å². The van der Waals surface area contributed by atoms with Crippen molar-refractivity contribution in [2.75, 3.05) is 13.2 Å². The number of hydrogen-bond acceptors (Lipinski definition) is 2. The number of aliphatic hydroxyl groups excluding tert-OH is 1. The molecule has 0 amide bonds. The van der Waals surface area contributed by atoms with Crippen molar-refractivity contribution in [3.05, 3.63) is 35.9 Å². The van der Waals surface area contributed by atoms with Gasteiger partial charge in [-0.3, -0.25) is 0 Å². The van der Waals surface area contributed by atoms with Crippen LogP contribution in [0.1, 0.15) is 18.1 Å². The van der Waals surface area contributed by atoms with E-state index in [-0.39, 0.29) is 12.0 Å². The molecule has 1 saturated heterocycles. The number of benzene rings is 1. The van der Waals surface area contributed by atoms with E-state index in [4.69, 9.17) is 4.74 Å². The summed E-state index contributed by atoms with van der Waals surface area (Å²) < 4.78 is 5.24. The quantitative estimate of drug-likeness (QED) is 0.747. The number of hydrogen-bond donors (Lipinski definition) is 1. The fourth-order valence-electron chi connectivity index (χ4n) is 1.72. The highest BCUT2D eigenvalue weighted by Crippen LogP contribution is 2.27. The lowest BCUT2D eigenvalue weighted by Crippen LogP contribution is -2.12. The van der Waals surface area contributed by atoms with Crippen LogP contribution in [0.25, 0.3) is 0 Å². The van der Waals surface area contributed by atoms with Gasteiger partial charge in [0.1, 0.15) is 0 Å². The molecule has 2 atom stereocenters. The SMILES string of the molecule is OC(c1ccccc1)C1CCOC1. The second kappa shape index (κ2) is 3.90. The molecule has 0 radical (unpaired) electrons. The summed E-state index contributed by atoms with van der Waals surface area (Å²) in [5.74, 6) is 0.280. The molecule has 0 spiro atoms. The molecule has 0 bridgehead atoms. The van der Waals surface area contributed by atoms with Crippen molar-refractivity contribution in [2.24, 2.45) is 5.92 Å². The van der Waals surface area contributed by atoms with Crippen molar-refractivity contribution in [1.82, 2.24) is 0 Å². The van der Waals surface area contributed by atoms with Crippen LogP contribution in [0.3, 0.4) is 0 Å². The van der Waals surface area contributed by atoms with Crippen molar-refractivity contribution < 1.29 is 9.84 Å². The van der Waals surface area contributed by atoms with Crippen LogP contribution in [-0.4, -0.2) is 18.3 Å². The summed E-state index contributed by atoms with van der Waals surface area (Å²) in [6.45, 7) is 1.48. The fourth-order valence-corrected chi connectivity index (χ4v) is 1.72. The summed E-state index contributed by atoms with van der Waals surface area (Å²) in [4.78, 5) is 0. The highest BCUT2D eigenvalue weighted by molar-refractivity contribution is 5.18. The van der Waals surface area contributed by atoms with E-state index >= 15 is 0 Å². The van der Waals surface area contributed by atoms with Crippen LogP contribution >= 0.6 is 0 Å². The predicted octanol–water partition coefficient (Wildman–Crippen LogP) is 1.76. The second-order valence-corrected chi connectivity index (χ2v) is 3.48. The molecule has 1 N–H and O–H groups in total. The minimum atomic E-state index is -0.358. The lowest BCUT2D eigenvalue weighted by Gasteiger charge is -2.16. The lowest BCUT2D eigenvalue weighted by molar-refractivity contribution is 0.0918. The van der Waals surface area contributed by atoms with Gasteiger partial charge in [0, 0.05) is 12.5 Å². The molecule has 0 aromatic heterocycles. The first-order valence-corrected chi connectivity index (χ1v) is 4.68. The highest BCUT2D eigenvalue weighted by Gasteiger charge is 2.24. The van der Waals surface area contributed by atoms with Crippen LogP contribution in [-0.2, 0) is 4.74 Å². The van der Waals surface area contributed by atoms with E-state index in [1.165, 1.54) is 0 Å². The van der Waals surface area contributed by atoms with Gasteiger partial charge in [0.25, 0.3) is 0 Å². The first-order chi connectivity index (χ1) is 6.38. The van der Waals surface area contributed by atoms with Crippen molar-refractivity contribution in [3.8, 4) is 0 Å². The third-order valence-corrected chi connectivity index (χ3v) is 2.55. The Kier molecular flexibility index (Phi) is 2.62. The third kappa shape index (κ3) is 1.90. The minimum absolute atomic E-state index is 0.280. The van der Waals surface area contributed by atoms with Crippen molar-refractivity contribution in [2.45, 2.75) is 12.5 Å². The fraction of sp³-hybridized carbons (Fsp3) is 0.455. The zero-order chi connectivity index (χ0) is 9.10. The number of rotatable bonds is 2. The maximum Gasteiger partial charge on any atom is 0.0841 e. The molecular formula is C11H14O2. The molecular weight excluding hydrogens is 164 g/mol. The molecule has 1 heterocycles. The van der Waals surface area contributed by atoms with E-state index < -0.39 is 0 Å². The van der Waals surface area contributed by atoms with Gasteiger partial charge in [0.2, 0.25) is 0 Å². The van der Waals surface area contributed by atoms with Crippen LogP contribution in [0.2, 0.25) is 0 Å². The van der Waals surface area contributed by atoms with Crippen LogP contribution in [0, 0.1) is 5.92 Å². The summed E-state index contributed by atoms with van der Waals surface area (Å²) >= 11 is 0. The second-order valence-electron chi connectivity index (χ2n) is 3.48. The van der Waals surface area contributed by atoms with E-state index in [1.807, 2.05) is 30.3 Å². The molecule has 70 valence electrons. The van der Waals surface area contributed by atoms with E-state index in [0.29, 0.717) is 6.61 Å². The van der Waals surface area contributed by atoms with Crippen LogP contribution in [0.15, 0.2) is 30.3 Å². The van der Waals surface area contributed by atoms with E-state index in [9.17, 15) is 5.11 Å². The van der Waals surface area contributed by atoms with Gasteiger partial charge in [-0.2, -0.15) is 0 Å². The van der Waals surface area contributed by atoms with Gasteiger partial charge in [-0.25, -0.2) is 0 Å². The smallest absolute Gasteiger partial charge is 0.0841 e. The largest absolute Gasteiger partial charge is 0.388 e. The Hall–Kier alpha value is -0.860. The van der Waals surface area contributed by atoms with Gasteiger partial charge in [0.15, 0.2) is 0 Å². The summed E-state index contributed by atoms with van der Waals surface area (Å²) in [5.41, 5.74) is 0.998. The van der Waals surface area contributed by atoms with Crippen molar-refractivity contribution >= 4 is 0 Å². The van der Waals surface area contributed by atoms with Crippen molar-refractivity contribution in [3.63, 3.8) is 0 Å². The van der Waals surface area contributed by atoms with Crippen molar-refractivity contribution in [1.29, 1.82) is 0 Å². The molecule has 1 aliphatic rings. The molecule has 13 heavy (non-hydrogen) atoms. The van der Waals surface area contributed by atoms with Crippen LogP contribution in [0.4, 0.5) is 0 Å². The third-order valence-electron chi connectivity index (χ3n) is 2.55. The van der Waals surface area contributed by atoms with Gasteiger partial charge >= 0.3 is 0 Å². The normalized spacial score (nSPS) is 24.5. The van der Waals surface area contributed by atoms with E-state index in [0.717, 1.165) is 18.6 Å². The Morgan fingerprint density at radius 2 is 2.08 bits per heavy atom. The Bertz CT molecular complexity index is 252. The Labute approximate surface area is 78.2 Å². The lowest BCUT2D eigenvalue weighted by atomic mass is 9.95. The maximum absolute atomic E-state index is 9.94. The average molecular weight is 178 g/mol. The predicted molar refractivity (Wildman–Crippen MR) is 50.3 cm³/mol. The molecule has 2 heteroatoms. The average Bonchev–Trinajstić information content (AvgIpc) is 2.71. The summed E-state index contributed by atoms with van der Waals surface area (Å²) in [7, 11) is 0. The van der Waals surface area contributed by atoms with Gasteiger partial charge in [-0.1, -0.05) is 30.3 Å². The highest BCUT2D eigenvalue weighted by atomic mass is 16.5. The molecule has 0 aliphatic carbocycles. The van der Waals surface area contributed by atoms with E-state index in [2.05, 4.69) is 0 Å². The molecule has 1 aliphatic heterocycles. The first-order valence-electron chi connectivity index (χ1n) is 4.68. The molecule has 1 aromatic rings. The van der Waals surface area contributed by atoms with Gasteiger partial charge in [0.05, 0.1) is 12.7 Å². The summed E-state index contributed by atoms with van der Waals surface area (Å²) in [6.07, 6.45) is 0.611. The Morgan fingerprint density at radius 3 is 2.69 bits per heavy atom. The number of ether oxygens (including phenoxy) is 1. The molecule has 2 nitrogen and oxygen atoms in total. The number of aliphatic hydroxyl groups is 1. The monoisotopic (exact) mass is 178 g/mol. The van der Waals surface area contributed by atoms with E-state index in [1.54, 1.807) is 0 Å². The first kappa shape index (κ1) is 8.73. The van der Waals surface area contributed by atoms with Crippen LogP contribution in [0.5, 0.6) is 0 Å². The maximum atomic E-state index is 9.94. The van der Waals surface area contributed by atoms with Gasteiger partial charge in [-0.05, 0) is 12.0 Å².